The number of nitrogens with zero attached hydrogens (tertiary/aromatic N) is 1. The largest absolute Gasteiger partial charge is 0.398 e. The van der Waals surface area contributed by atoms with Gasteiger partial charge in [0.2, 0.25) is 5.91 Å². The summed E-state index contributed by atoms with van der Waals surface area (Å²) in [4.78, 5) is 13.7. The van der Waals surface area contributed by atoms with Gasteiger partial charge in [-0.15, -0.1) is 0 Å². The lowest BCUT2D eigenvalue weighted by atomic mass is 9.98. The highest BCUT2D eigenvalue weighted by molar-refractivity contribution is 7.92. The summed E-state index contributed by atoms with van der Waals surface area (Å²) >= 11 is 0. The Kier molecular flexibility index (Phi) is 3.54. The lowest BCUT2D eigenvalue weighted by Crippen LogP contribution is -2.43. The highest BCUT2D eigenvalue weighted by Gasteiger charge is 2.30. The van der Waals surface area contributed by atoms with Crippen molar-refractivity contribution in [2.45, 2.75) is 25.1 Å². The van der Waals surface area contributed by atoms with Crippen molar-refractivity contribution in [3.8, 4) is 0 Å². The monoisotopic (exact) mass is 282 g/mol. The van der Waals surface area contributed by atoms with Crippen LogP contribution < -0.4 is 5.73 Å². The Morgan fingerprint density at radius 2 is 2.11 bits per heavy atom. The minimum atomic E-state index is -3.35. The van der Waals surface area contributed by atoms with Crippen LogP contribution in [0.5, 0.6) is 0 Å². The van der Waals surface area contributed by atoms with Crippen LogP contribution in [0, 0.1) is 0 Å². The number of carbonyl (C=O) groups excluding carboxylic acids is 1. The van der Waals surface area contributed by atoms with E-state index in [9.17, 15) is 13.2 Å². The zero-order valence-corrected chi connectivity index (χ0v) is 11.9. The van der Waals surface area contributed by atoms with E-state index in [2.05, 4.69) is 0 Å². The maximum atomic E-state index is 12.2. The van der Waals surface area contributed by atoms with E-state index >= 15 is 0 Å². The number of nitrogens with two attached hydrogens (primary N) is 1. The molecule has 0 spiro atoms. The Balaban J connectivity index is 2.21. The summed E-state index contributed by atoms with van der Waals surface area (Å²) in [6.45, 7) is 2.38. The number of anilines is 1. The standard InChI is InChI=1S/C13H18N2O3S/c1-9(19(2,17)18)13(16)15-7-6-11-10(8-15)4-3-5-12(11)14/h3-5,9H,6-8,14H2,1-2H3. The minimum absolute atomic E-state index is 0.337. The number of carbonyl (C=O) groups is 1. The molecule has 0 fully saturated rings. The lowest BCUT2D eigenvalue weighted by molar-refractivity contribution is -0.131. The predicted molar refractivity (Wildman–Crippen MR) is 74.3 cm³/mol. The van der Waals surface area contributed by atoms with Crippen LogP contribution in [0.1, 0.15) is 18.1 Å². The Morgan fingerprint density at radius 3 is 2.74 bits per heavy atom. The SMILES string of the molecule is CC(C(=O)N1CCc2c(N)cccc2C1)S(C)(=O)=O. The van der Waals surface area contributed by atoms with Crippen molar-refractivity contribution in [1.82, 2.24) is 4.90 Å². The van der Waals surface area contributed by atoms with Gasteiger partial charge in [0, 0.05) is 25.0 Å². The number of fused-ring (bicyclic) bond motifs is 1. The summed E-state index contributed by atoms with van der Waals surface area (Å²) in [5.74, 6) is -0.337. The Bertz CT molecular complexity index is 610. The quantitative estimate of drug-likeness (QED) is 0.805. The molecule has 0 bridgehead atoms. The lowest BCUT2D eigenvalue weighted by Gasteiger charge is -2.31. The summed E-state index contributed by atoms with van der Waals surface area (Å²) in [5, 5.41) is -0.991. The smallest absolute Gasteiger partial charge is 0.240 e. The van der Waals surface area contributed by atoms with Crippen LogP contribution in [-0.2, 0) is 27.6 Å². The van der Waals surface area contributed by atoms with Crippen molar-refractivity contribution in [1.29, 1.82) is 0 Å². The second-order valence-corrected chi connectivity index (χ2v) is 7.33. The molecule has 104 valence electrons. The van der Waals surface area contributed by atoms with Crippen molar-refractivity contribution in [2.75, 3.05) is 18.5 Å². The Hall–Kier alpha value is -1.56. The van der Waals surface area contributed by atoms with Gasteiger partial charge in [0.25, 0.3) is 0 Å². The third kappa shape index (κ3) is 2.73. The fraction of sp³-hybridized carbons (Fsp3) is 0.462. The first-order valence-corrected chi connectivity index (χ1v) is 8.10. The molecule has 1 aliphatic heterocycles. The molecule has 0 radical (unpaired) electrons. The summed E-state index contributed by atoms with van der Waals surface area (Å²) < 4.78 is 22.9. The number of amides is 1. The number of benzene rings is 1. The van der Waals surface area contributed by atoms with Gasteiger partial charge >= 0.3 is 0 Å². The highest BCUT2D eigenvalue weighted by atomic mass is 32.2. The first kappa shape index (κ1) is 13.9. The van der Waals surface area contributed by atoms with E-state index in [1.807, 2.05) is 18.2 Å². The normalized spacial score (nSPS) is 16.8. The fourth-order valence-corrected chi connectivity index (χ4v) is 2.78. The first-order valence-electron chi connectivity index (χ1n) is 6.14. The molecular formula is C13H18N2O3S. The number of sulfone groups is 1. The molecule has 0 saturated carbocycles. The van der Waals surface area contributed by atoms with Crippen LogP contribution in [0.25, 0.3) is 0 Å². The highest BCUT2D eigenvalue weighted by Crippen LogP contribution is 2.24. The molecule has 0 aromatic heterocycles. The van der Waals surface area contributed by atoms with Gasteiger partial charge in [0.1, 0.15) is 5.25 Å². The minimum Gasteiger partial charge on any atom is -0.398 e. The van der Waals surface area contributed by atoms with Crippen molar-refractivity contribution in [3.05, 3.63) is 29.3 Å². The number of hydrogen-bond donors (Lipinski definition) is 1. The van der Waals surface area contributed by atoms with Gasteiger partial charge in [0.05, 0.1) is 0 Å². The van der Waals surface area contributed by atoms with E-state index < -0.39 is 15.1 Å². The zero-order chi connectivity index (χ0) is 14.2. The maximum Gasteiger partial charge on any atom is 0.240 e. The van der Waals surface area contributed by atoms with E-state index in [-0.39, 0.29) is 5.91 Å². The van der Waals surface area contributed by atoms with Gasteiger partial charge in [0.15, 0.2) is 9.84 Å². The zero-order valence-electron chi connectivity index (χ0n) is 11.1. The van der Waals surface area contributed by atoms with E-state index in [1.54, 1.807) is 4.90 Å². The fourth-order valence-electron chi connectivity index (χ4n) is 2.27. The summed E-state index contributed by atoms with van der Waals surface area (Å²) in [6.07, 6.45) is 1.76. The van der Waals surface area contributed by atoms with E-state index in [4.69, 9.17) is 5.73 Å². The molecule has 1 aromatic rings. The Labute approximate surface area is 113 Å². The first-order chi connectivity index (χ1) is 8.80. The number of nitrogen functional groups attached to an aromatic ring is 1. The summed E-state index contributed by atoms with van der Waals surface area (Å²) in [5.41, 5.74) is 8.70. The second-order valence-electron chi connectivity index (χ2n) is 4.97. The van der Waals surface area contributed by atoms with Crippen LogP contribution in [0.2, 0.25) is 0 Å². The van der Waals surface area contributed by atoms with Crippen molar-refractivity contribution < 1.29 is 13.2 Å². The van der Waals surface area contributed by atoms with Gasteiger partial charge in [-0.1, -0.05) is 12.1 Å². The second kappa shape index (κ2) is 4.85. The predicted octanol–water partition coefficient (Wildman–Crippen LogP) is 0.587. The maximum absolute atomic E-state index is 12.2. The van der Waals surface area contributed by atoms with Crippen LogP contribution in [0.15, 0.2) is 18.2 Å². The van der Waals surface area contributed by atoms with Crippen LogP contribution >= 0.6 is 0 Å². The van der Waals surface area contributed by atoms with E-state index in [0.717, 1.165) is 23.1 Å². The molecule has 0 aliphatic carbocycles. The topological polar surface area (TPSA) is 80.5 Å². The van der Waals surface area contributed by atoms with E-state index in [0.29, 0.717) is 19.5 Å². The third-order valence-corrected chi connectivity index (χ3v) is 5.09. The molecule has 5 nitrogen and oxygen atoms in total. The molecule has 19 heavy (non-hydrogen) atoms. The van der Waals surface area contributed by atoms with Gasteiger partial charge in [-0.25, -0.2) is 8.42 Å². The molecule has 1 aliphatic rings. The molecule has 1 atom stereocenters. The molecule has 1 unspecified atom stereocenters. The van der Waals surface area contributed by atoms with Crippen molar-refractivity contribution >= 4 is 21.4 Å². The summed E-state index contributed by atoms with van der Waals surface area (Å²) in [6, 6.07) is 5.62. The van der Waals surface area contributed by atoms with Crippen LogP contribution in [0.3, 0.4) is 0 Å². The van der Waals surface area contributed by atoms with Gasteiger partial charge < -0.3 is 10.6 Å². The van der Waals surface area contributed by atoms with Crippen molar-refractivity contribution in [3.63, 3.8) is 0 Å². The molecule has 1 aromatic carbocycles. The van der Waals surface area contributed by atoms with Crippen LogP contribution in [0.4, 0.5) is 5.69 Å². The van der Waals surface area contributed by atoms with E-state index in [1.165, 1.54) is 6.92 Å². The molecule has 1 heterocycles. The molecule has 2 rings (SSSR count). The average Bonchev–Trinajstić information content (AvgIpc) is 2.36. The molecular weight excluding hydrogens is 264 g/mol. The molecule has 0 saturated heterocycles. The van der Waals surface area contributed by atoms with Gasteiger partial charge in [-0.3, -0.25) is 4.79 Å². The molecule has 6 heteroatoms. The van der Waals surface area contributed by atoms with Crippen LogP contribution in [-0.4, -0.2) is 37.3 Å². The van der Waals surface area contributed by atoms with Gasteiger partial charge in [-0.2, -0.15) is 0 Å². The molecule has 2 N–H and O–H groups in total. The molecule has 1 amide bonds. The number of hydrogen-bond acceptors (Lipinski definition) is 4. The van der Waals surface area contributed by atoms with Gasteiger partial charge in [-0.05, 0) is 30.5 Å². The number of rotatable bonds is 2. The summed E-state index contributed by atoms with van der Waals surface area (Å²) in [7, 11) is -3.35. The van der Waals surface area contributed by atoms with Crippen molar-refractivity contribution in [2.24, 2.45) is 0 Å². The average molecular weight is 282 g/mol. The Morgan fingerprint density at radius 1 is 1.42 bits per heavy atom. The third-order valence-electron chi connectivity index (χ3n) is 3.60.